The monoisotopic (exact) mass is 319 g/mol. The van der Waals surface area contributed by atoms with Crippen LogP contribution < -0.4 is 4.90 Å². The van der Waals surface area contributed by atoms with Gasteiger partial charge < -0.3 is 4.90 Å². The number of aryl methyl sites for hydroxylation is 1. The van der Waals surface area contributed by atoms with Crippen LogP contribution in [0, 0.1) is 29.8 Å². The van der Waals surface area contributed by atoms with E-state index in [0.29, 0.717) is 24.1 Å². The Bertz CT molecular complexity index is 722. The summed E-state index contributed by atoms with van der Waals surface area (Å²) in [5, 5.41) is 15.5. The molecule has 0 amide bonds. The van der Waals surface area contributed by atoms with Crippen molar-refractivity contribution < 1.29 is 14.2 Å². The van der Waals surface area contributed by atoms with Crippen LogP contribution in [0.15, 0.2) is 24.3 Å². The largest absolute Gasteiger partial charge is 0.312 e. The second-order valence-electron chi connectivity index (χ2n) is 6.17. The van der Waals surface area contributed by atoms with Gasteiger partial charge in [0, 0.05) is 18.4 Å². The van der Waals surface area contributed by atoms with Crippen molar-refractivity contribution in [1.82, 2.24) is 9.78 Å². The molecule has 6 nitrogen and oxygen atoms in total. The molecular formula is C16H20FN4O2+. The van der Waals surface area contributed by atoms with E-state index in [1.54, 1.807) is 30.7 Å². The third-order valence-corrected chi connectivity index (χ3v) is 4.38. The number of rotatable bonds is 6. The number of halogens is 1. The third-order valence-electron chi connectivity index (χ3n) is 4.38. The zero-order chi connectivity index (χ0) is 16.6. The molecule has 2 aromatic rings. The van der Waals surface area contributed by atoms with Gasteiger partial charge in [0.15, 0.2) is 6.67 Å². The average molecular weight is 319 g/mol. The lowest BCUT2D eigenvalue weighted by atomic mass is 10.2. The summed E-state index contributed by atoms with van der Waals surface area (Å²) in [7, 11) is 0. The van der Waals surface area contributed by atoms with Crippen molar-refractivity contribution in [1.29, 1.82) is 0 Å². The lowest BCUT2D eigenvalue weighted by Crippen LogP contribution is -3.11. The molecular weight excluding hydrogens is 299 g/mol. The van der Waals surface area contributed by atoms with Crippen LogP contribution in [-0.4, -0.2) is 20.7 Å². The molecule has 23 heavy (non-hydrogen) atoms. The lowest BCUT2D eigenvalue weighted by molar-refractivity contribution is -0.947. The van der Waals surface area contributed by atoms with E-state index in [9.17, 15) is 14.5 Å². The molecule has 1 N–H and O–H groups in total. The Hall–Kier alpha value is -2.28. The van der Waals surface area contributed by atoms with Gasteiger partial charge in [-0.25, -0.2) is 9.07 Å². The number of quaternary nitrogens is 1. The molecule has 1 aromatic heterocycles. The first-order valence-electron chi connectivity index (χ1n) is 7.73. The Morgan fingerprint density at radius 3 is 2.52 bits per heavy atom. The predicted molar refractivity (Wildman–Crippen MR) is 82.4 cm³/mol. The minimum absolute atomic E-state index is 0.0990. The fraction of sp³-hybridized carbons (Fsp3) is 0.438. The van der Waals surface area contributed by atoms with Gasteiger partial charge in [-0.05, 0) is 26.0 Å². The van der Waals surface area contributed by atoms with Gasteiger partial charge in [0.25, 0.3) is 0 Å². The highest BCUT2D eigenvalue weighted by Gasteiger charge is 2.34. The molecule has 1 fully saturated rings. The Balaban J connectivity index is 1.79. The molecule has 0 bridgehead atoms. The van der Waals surface area contributed by atoms with Crippen molar-refractivity contribution in [3.05, 3.63) is 57.1 Å². The number of hydrogen-bond donors (Lipinski definition) is 1. The summed E-state index contributed by atoms with van der Waals surface area (Å²) in [6.45, 7) is 4.75. The number of nitrogens with one attached hydrogen (secondary N) is 1. The van der Waals surface area contributed by atoms with Crippen molar-refractivity contribution in [2.24, 2.45) is 0 Å². The Kier molecular flexibility index (Phi) is 4.12. The quantitative estimate of drug-likeness (QED) is 0.652. The highest BCUT2D eigenvalue weighted by atomic mass is 19.1. The van der Waals surface area contributed by atoms with Crippen LogP contribution in [0.3, 0.4) is 0 Å². The summed E-state index contributed by atoms with van der Waals surface area (Å²) < 4.78 is 14.8. The summed E-state index contributed by atoms with van der Waals surface area (Å²) >= 11 is 0. The van der Waals surface area contributed by atoms with Crippen molar-refractivity contribution in [3.8, 4) is 0 Å². The van der Waals surface area contributed by atoms with Crippen molar-refractivity contribution in [2.75, 3.05) is 0 Å². The summed E-state index contributed by atoms with van der Waals surface area (Å²) in [4.78, 5) is 12.1. The molecule has 1 saturated carbocycles. The molecule has 0 saturated heterocycles. The van der Waals surface area contributed by atoms with Crippen LogP contribution in [0.2, 0.25) is 0 Å². The van der Waals surface area contributed by atoms with Crippen LogP contribution in [0.1, 0.15) is 29.8 Å². The second-order valence-corrected chi connectivity index (χ2v) is 6.17. The fourth-order valence-corrected chi connectivity index (χ4v) is 2.98. The van der Waals surface area contributed by atoms with E-state index in [2.05, 4.69) is 5.10 Å². The van der Waals surface area contributed by atoms with Crippen LogP contribution in [0.25, 0.3) is 0 Å². The number of aromatic nitrogens is 2. The van der Waals surface area contributed by atoms with Gasteiger partial charge in [-0.2, -0.15) is 5.10 Å². The zero-order valence-electron chi connectivity index (χ0n) is 13.3. The first kappa shape index (κ1) is 15.6. The van der Waals surface area contributed by atoms with Crippen LogP contribution in [-0.2, 0) is 13.2 Å². The molecule has 1 heterocycles. The normalized spacial score (nSPS) is 15.6. The van der Waals surface area contributed by atoms with E-state index in [1.165, 1.54) is 17.0 Å². The molecule has 122 valence electrons. The summed E-state index contributed by atoms with van der Waals surface area (Å²) in [6, 6.07) is 7.06. The number of nitro groups is 1. The van der Waals surface area contributed by atoms with E-state index < -0.39 is 0 Å². The van der Waals surface area contributed by atoms with Crippen molar-refractivity contribution in [2.45, 2.75) is 45.9 Å². The first-order valence-corrected chi connectivity index (χ1v) is 7.73. The number of hydrogen-bond acceptors (Lipinski definition) is 3. The van der Waals surface area contributed by atoms with Crippen LogP contribution in [0.5, 0.6) is 0 Å². The number of nitrogens with zero attached hydrogens (tertiary/aromatic N) is 3. The molecule has 0 radical (unpaired) electrons. The van der Waals surface area contributed by atoms with E-state index in [4.69, 9.17) is 0 Å². The fourth-order valence-electron chi connectivity index (χ4n) is 2.98. The van der Waals surface area contributed by atoms with Gasteiger partial charge in [0.05, 0.1) is 11.0 Å². The zero-order valence-corrected chi connectivity index (χ0v) is 13.3. The van der Waals surface area contributed by atoms with E-state index in [0.717, 1.165) is 24.9 Å². The molecule has 1 aliphatic carbocycles. The first-order chi connectivity index (χ1) is 11.0. The molecule has 0 aliphatic heterocycles. The summed E-state index contributed by atoms with van der Waals surface area (Å²) in [5.41, 5.74) is 2.19. The van der Waals surface area contributed by atoms with E-state index >= 15 is 0 Å². The maximum atomic E-state index is 13.0. The topological polar surface area (TPSA) is 65.4 Å². The Labute approximate surface area is 133 Å². The van der Waals surface area contributed by atoms with Crippen molar-refractivity contribution in [3.63, 3.8) is 0 Å². The molecule has 0 spiro atoms. The minimum atomic E-state index is -0.370. The Morgan fingerprint density at radius 2 is 2.00 bits per heavy atom. The molecule has 3 rings (SSSR count). The van der Waals surface area contributed by atoms with Gasteiger partial charge in [0.1, 0.15) is 23.7 Å². The second kappa shape index (κ2) is 6.08. The van der Waals surface area contributed by atoms with Crippen molar-refractivity contribution >= 4 is 5.69 Å². The van der Waals surface area contributed by atoms with Crippen LogP contribution in [0.4, 0.5) is 10.1 Å². The highest BCUT2D eigenvalue weighted by molar-refractivity contribution is 5.39. The van der Waals surface area contributed by atoms with Gasteiger partial charge in [-0.3, -0.25) is 10.1 Å². The Morgan fingerprint density at radius 1 is 1.35 bits per heavy atom. The van der Waals surface area contributed by atoms with Gasteiger partial charge in [0.2, 0.25) is 0 Å². The van der Waals surface area contributed by atoms with Gasteiger partial charge in [-0.1, -0.05) is 12.1 Å². The van der Waals surface area contributed by atoms with E-state index in [-0.39, 0.29) is 16.4 Å². The molecule has 1 aliphatic rings. The molecule has 1 aromatic carbocycles. The summed E-state index contributed by atoms with van der Waals surface area (Å²) in [5.74, 6) is -0.240. The third kappa shape index (κ3) is 3.39. The van der Waals surface area contributed by atoms with E-state index in [1.807, 2.05) is 0 Å². The standard InChI is InChI=1S/C16H19FN4O2/c1-11-16(21(22)23)12(2)20(18-11)10-19(15-7-8-15)9-13-3-5-14(17)6-4-13/h3-6,15H,7-10H2,1-2H3/p+1. The molecule has 1 unspecified atom stereocenters. The smallest absolute Gasteiger partial charge is 0.310 e. The highest BCUT2D eigenvalue weighted by Crippen LogP contribution is 2.22. The van der Waals surface area contributed by atoms with Gasteiger partial charge in [-0.15, -0.1) is 0 Å². The maximum Gasteiger partial charge on any atom is 0.312 e. The maximum absolute atomic E-state index is 13.0. The molecule has 1 atom stereocenters. The average Bonchev–Trinajstić information content (AvgIpc) is 3.28. The minimum Gasteiger partial charge on any atom is -0.310 e. The van der Waals surface area contributed by atoms with Crippen LogP contribution >= 0.6 is 0 Å². The predicted octanol–water partition coefficient (Wildman–Crippen LogP) is 1.75. The summed E-state index contributed by atoms with van der Waals surface area (Å²) in [6.07, 6.45) is 2.30. The number of benzene rings is 1. The molecule has 7 heteroatoms. The SMILES string of the molecule is Cc1nn(C[NH+](Cc2ccc(F)cc2)C2CC2)c(C)c1[N+](=O)[O-]. The van der Waals surface area contributed by atoms with Gasteiger partial charge >= 0.3 is 5.69 Å². The lowest BCUT2D eigenvalue weighted by Gasteiger charge is -2.19.